The number of aromatic amines is 1. The molecule has 0 spiro atoms. The van der Waals surface area contributed by atoms with Crippen LogP contribution in [0.3, 0.4) is 0 Å². The Hall–Kier alpha value is -3.48. The van der Waals surface area contributed by atoms with Crippen LogP contribution >= 0.6 is 0 Å². The van der Waals surface area contributed by atoms with Gasteiger partial charge in [-0.25, -0.2) is 24.4 Å². The van der Waals surface area contributed by atoms with Gasteiger partial charge in [0.1, 0.15) is 12.7 Å². The number of H-pyrrole nitrogens is 1. The first-order chi connectivity index (χ1) is 16.2. The Morgan fingerprint density at radius 1 is 1.12 bits per heavy atom. The van der Waals surface area contributed by atoms with Crippen molar-refractivity contribution in [2.75, 3.05) is 6.61 Å². The number of nitrogens with zero attached hydrogens (tertiary/aromatic N) is 5. The van der Waals surface area contributed by atoms with E-state index in [1.165, 1.54) is 21.8 Å². The van der Waals surface area contributed by atoms with Gasteiger partial charge < -0.3 is 10.1 Å². The van der Waals surface area contributed by atoms with Gasteiger partial charge in [0.05, 0.1) is 6.61 Å². The van der Waals surface area contributed by atoms with Crippen LogP contribution in [0, 0.1) is 0 Å². The zero-order chi connectivity index (χ0) is 24.6. The zero-order valence-electron chi connectivity index (χ0n) is 19.6. The average Bonchev–Trinajstić information content (AvgIpc) is 3.56. The number of hydrogen-bond donors (Lipinski definition) is 2. The van der Waals surface area contributed by atoms with E-state index < -0.39 is 13.8 Å². The Bertz CT molecular complexity index is 1040. The summed E-state index contributed by atoms with van der Waals surface area (Å²) in [6.07, 6.45) is 12.3. The van der Waals surface area contributed by atoms with Gasteiger partial charge >= 0.3 is 17.9 Å². The Balaban J connectivity index is 0.000000226. The first-order valence-electron chi connectivity index (χ1n) is 11.2. The van der Waals surface area contributed by atoms with Crippen LogP contribution in [-0.2, 0) is 4.74 Å². The molecule has 0 unspecified atom stereocenters. The minimum Gasteiger partial charge on any atom is -0.450 e. The smallest absolute Gasteiger partial charge is 0.438 e. The highest BCUT2D eigenvalue weighted by Crippen LogP contribution is 2.30. The number of carbonyl (C=O) groups is 2. The highest BCUT2D eigenvalue weighted by atomic mass is 28.3. The maximum Gasteiger partial charge on any atom is 0.438 e. The molecule has 34 heavy (non-hydrogen) atoms. The minimum absolute atomic E-state index is 0.134. The molecule has 0 bridgehead atoms. The van der Waals surface area contributed by atoms with E-state index in [0.29, 0.717) is 12.4 Å². The number of rotatable bonds is 5. The lowest BCUT2D eigenvalue weighted by molar-refractivity contribution is 0.144. The van der Waals surface area contributed by atoms with E-state index in [-0.39, 0.29) is 24.1 Å². The second kappa shape index (κ2) is 11.6. The molecule has 1 fully saturated rings. The van der Waals surface area contributed by atoms with E-state index in [1.54, 1.807) is 24.8 Å². The summed E-state index contributed by atoms with van der Waals surface area (Å²) in [7, 11) is -1.17. The second-order valence-corrected chi connectivity index (χ2v) is 15.0. The predicted octanol–water partition coefficient (Wildman–Crippen LogP) is 3.05. The van der Waals surface area contributed by atoms with Gasteiger partial charge in [-0.05, 0) is 31.7 Å². The van der Waals surface area contributed by atoms with E-state index in [4.69, 9.17) is 4.74 Å². The van der Waals surface area contributed by atoms with Gasteiger partial charge in [0.25, 0.3) is 0 Å². The summed E-state index contributed by atoms with van der Waals surface area (Å²) >= 11 is 0. The van der Waals surface area contributed by atoms with Crippen LogP contribution in [0.2, 0.25) is 25.7 Å². The molecule has 1 aliphatic rings. The third-order valence-corrected chi connectivity index (χ3v) is 7.13. The normalized spacial score (nSPS) is 18.0. The molecule has 0 saturated heterocycles. The third kappa shape index (κ3) is 7.83. The van der Waals surface area contributed by atoms with Crippen LogP contribution in [0.5, 0.6) is 0 Å². The summed E-state index contributed by atoms with van der Waals surface area (Å²) in [6, 6.07) is 0.923. The summed E-state index contributed by atoms with van der Waals surface area (Å²) < 4.78 is 12.5. The number of nitrogens with one attached hydrogen (secondary N) is 2. The first kappa shape index (κ1) is 25.1. The average molecular weight is 490 g/mol. The highest BCUT2D eigenvalue weighted by Gasteiger charge is 2.26. The zero-order valence-corrected chi connectivity index (χ0v) is 20.6. The van der Waals surface area contributed by atoms with E-state index >= 15 is 0 Å². The highest BCUT2D eigenvalue weighted by molar-refractivity contribution is 6.76. The molecular formula is C21H31N7O5Si. The van der Waals surface area contributed by atoms with Crippen LogP contribution in [0.15, 0.2) is 46.8 Å². The van der Waals surface area contributed by atoms with E-state index in [0.717, 1.165) is 31.7 Å². The second-order valence-electron chi connectivity index (χ2n) is 9.34. The lowest BCUT2D eigenvalue weighted by atomic mass is 9.85. The molecule has 0 atom stereocenters. The van der Waals surface area contributed by atoms with Gasteiger partial charge in [-0.15, -0.1) is 0 Å². The molecule has 3 aromatic rings. The molecule has 184 valence electrons. The van der Waals surface area contributed by atoms with Gasteiger partial charge in [0.2, 0.25) is 0 Å². The molecule has 3 aromatic heterocycles. The Morgan fingerprint density at radius 3 is 2.21 bits per heavy atom. The van der Waals surface area contributed by atoms with Crippen LogP contribution < -0.4 is 11.1 Å². The molecule has 13 heteroatoms. The number of ether oxygens (including phenoxy) is 1. The van der Waals surface area contributed by atoms with Gasteiger partial charge in [-0.3, -0.25) is 18.6 Å². The van der Waals surface area contributed by atoms with Crippen LogP contribution in [0.1, 0.15) is 37.4 Å². The molecule has 12 nitrogen and oxygen atoms in total. The monoisotopic (exact) mass is 489 g/mol. The largest absolute Gasteiger partial charge is 0.450 e. The summed E-state index contributed by atoms with van der Waals surface area (Å²) in [5.74, 6) is 0.301. The molecule has 0 radical (unpaired) electrons. The summed E-state index contributed by atoms with van der Waals surface area (Å²) in [6.45, 7) is 7.26. The number of carbonyl (C=O) groups excluding carboxylic acids is 2. The van der Waals surface area contributed by atoms with Crippen molar-refractivity contribution in [3.63, 3.8) is 0 Å². The quantitative estimate of drug-likeness (QED) is 0.519. The molecule has 0 aromatic carbocycles. The first-order valence-corrected chi connectivity index (χ1v) is 14.9. The maximum absolute atomic E-state index is 11.8. The van der Waals surface area contributed by atoms with E-state index in [2.05, 4.69) is 49.6 Å². The Kier molecular flexibility index (Phi) is 8.57. The standard InChI is InChI=1S/C14H25N3O4Si.C7H6N4O/c1-22(2,3)9-8-20-13(18)15-11-6-4-10(5-7-11)12-16-14(19)21-17-12;12-7(10-3-1-8-5-10)11-4-2-9-6-11/h10-11H,4-9H2,1-3H3,(H,15,18)(H,16,17,19);1-6H. The van der Waals surface area contributed by atoms with Gasteiger partial charge in [-0.1, -0.05) is 24.8 Å². The third-order valence-electron chi connectivity index (χ3n) is 5.43. The lowest BCUT2D eigenvalue weighted by Gasteiger charge is -2.27. The van der Waals surface area contributed by atoms with Crippen molar-refractivity contribution in [1.29, 1.82) is 0 Å². The topological polar surface area (TPSA) is 150 Å². The van der Waals surface area contributed by atoms with Crippen molar-refractivity contribution in [3.8, 4) is 0 Å². The van der Waals surface area contributed by atoms with E-state index in [9.17, 15) is 14.4 Å². The molecular weight excluding hydrogens is 458 g/mol. The van der Waals surface area contributed by atoms with Crippen molar-refractivity contribution in [2.45, 2.75) is 63.3 Å². The lowest BCUT2D eigenvalue weighted by Crippen LogP contribution is -2.38. The predicted molar refractivity (Wildman–Crippen MR) is 125 cm³/mol. The van der Waals surface area contributed by atoms with Crippen molar-refractivity contribution >= 4 is 20.2 Å². The molecule has 4 rings (SSSR count). The maximum atomic E-state index is 11.8. The van der Waals surface area contributed by atoms with Crippen molar-refractivity contribution in [2.24, 2.45) is 0 Å². The molecule has 1 saturated carbocycles. The number of hydrogen-bond acceptors (Lipinski definition) is 8. The van der Waals surface area contributed by atoms with Crippen LogP contribution in [0.4, 0.5) is 9.59 Å². The molecule has 3 heterocycles. The van der Waals surface area contributed by atoms with E-state index in [1.807, 2.05) is 0 Å². The van der Waals surface area contributed by atoms with Gasteiger partial charge in [0.15, 0.2) is 5.82 Å². The van der Waals surface area contributed by atoms with Gasteiger partial charge in [-0.2, -0.15) is 0 Å². The fourth-order valence-electron chi connectivity index (χ4n) is 3.46. The van der Waals surface area contributed by atoms with Crippen molar-refractivity contribution in [3.05, 3.63) is 53.8 Å². The fourth-order valence-corrected chi connectivity index (χ4v) is 4.18. The summed E-state index contributed by atoms with van der Waals surface area (Å²) in [4.78, 5) is 44.3. The molecule has 2 N–H and O–H groups in total. The van der Waals surface area contributed by atoms with Crippen LogP contribution in [0.25, 0.3) is 0 Å². The number of amides is 1. The summed E-state index contributed by atoms with van der Waals surface area (Å²) in [5, 5.41) is 6.66. The molecule has 1 amide bonds. The molecule has 0 aliphatic heterocycles. The Morgan fingerprint density at radius 2 is 1.74 bits per heavy atom. The van der Waals surface area contributed by atoms with Crippen molar-refractivity contribution < 1.29 is 18.8 Å². The SMILES string of the molecule is C[Si](C)(C)CCOC(=O)NC1CCC(c2noc(=O)[nH]2)CC1.O=C(n1ccnc1)n1ccnc1. The number of imidazole rings is 2. The number of aromatic nitrogens is 6. The molecule has 1 aliphatic carbocycles. The van der Waals surface area contributed by atoms with Crippen molar-refractivity contribution in [1.82, 2.24) is 34.6 Å². The number of alkyl carbamates (subject to hydrolysis) is 1. The Labute approximate surface area is 197 Å². The van der Waals surface area contributed by atoms with Crippen LogP contribution in [-0.4, -0.2) is 62.1 Å². The fraction of sp³-hybridized carbons (Fsp3) is 0.524. The summed E-state index contributed by atoms with van der Waals surface area (Å²) in [5.41, 5.74) is 0. The van der Waals surface area contributed by atoms with Gasteiger partial charge in [0, 0.05) is 44.8 Å². The minimum atomic E-state index is -1.17.